The smallest absolute Gasteiger partial charge is 0.149 e. The minimum Gasteiger partial charge on any atom is -0.507 e. The van der Waals surface area contributed by atoms with Crippen LogP contribution in [0.15, 0.2) is 139 Å². The summed E-state index contributed by atoms with van der Waals surface area (Å²) in [6.07, 6.45) is -0.511. The van der Waals surface area contributed by atoms with Crippen molar-refractivity contribution in [2.75, 3.05) is 0 Å². The van der Waals surface area contributed by atoms with Gasteiger partial charge in [0.05, 0.1) is 38.9 Å². The fourth-order valence-electron chi connectivity index (χ4n) is 7.62. The third kappa shape index (κ3) is 7.72. The number of nitrogens with zero attached hydrogens (tertiary/aromatic N) is 3. The zero-order chi connectivity index (χ0) is 49.7. The van der Waals surface area contributed by atoms with Crippen LogP contribution in [-0.2, 0) is 10.8 Å². The molecule has 1 N–H and O–H groups in total. The maximum Gasteiger partial charge on any atom is 0.149 e. The lowest BCUT2D eigenvalue weighted by atomic mass is 9.83. The first kappa shape index (κ1) is 29.9. The number of aromatic nitrogens is 3. The molecule has 0 unspecified atom stereocenters. The number of imidazole rings is 1. The highest BCUT2D eigenvalue weighted by molar-refractivity contribution is 5.98. The van der Waals surface area contributed by atoms with Gasteiger partial charge in [-0.25, -0.2) is 4.98 Å². The van der Waals surface area contributed by atoms with Crippen LogP contribution in [0.1, 0.15) is 101 Å². The van der Waals surface area contributed by atoms with E-state index in [1.165, 1.54) is 5.56 Å². The zero-order valence-electron chi connectivity index (χ0n) is 44.4. The second-order valence-electron chi connectivity index (χ2n) is 17.7. The second kappa shape index (κ2) is 15.2. The Morgan fingerprint density at radius 3 is 2.07 bits per heavy atom. The molecule has 8 aromatic rings. The van der Waals surface area contributed by atoms with Crippen LogP contribution >= 0.6 is 0 Å². The van der Waals surface area contributed by atoms with Crippen LogP contribution in [0.5, 0.6) is 5.75 Å². The van der Waals surface area contributed by atoms with Gasteiger partial charge in [0.25, 0.3) is 0 Å². The largest absolute Gasteiger partial charge is 0.507 e. The average Bonchev–Trinajstić information content (AvgIpc) is 3.66. The molecular formula is C55H55N3O. The van der Waals surface area contributed by atoms with E-state index in [1.807, 2.05) is 82.3 Å². The van der Waals surface area contributed by atoms with Crippen molar-refractivity contribution in [1.29, 1.82) is 0 Å². The Morgan fingerprint density at radius 2 is 1.37 bits per heavy atom. The number of phenolic OH excluding ortho intramolecular Hbond substituents is 1. The van der Waals surface area contributed by atoms with E-state index in [-0.39, 0.29) is 34.0 Å². The summed E-state index contributed by atoms with van der Waals surface area (Å²) in [6.45, 7) is 20.3. The molecule has 0 aliphatic rings. The van der Waals surface area contributed by atoms with E-state index in [1.54, 1.807) is 0 Å². The van der Waals surface area contributed by atoms with Crippen molar-refractivity contribution in [2.24, 2.45) is 0 Å². The summed E-state index contributed by atoms with van der Waals surface area (Å²) in [7, 11) is 0. The third-order valence-corrected chi connectivity index (χ3v) is 11.0. The molecule has 0 aliphatic heterocycles. The molecule has 0 amide bonds. The van der Waals surface area contributed by atoms with E-state index in [0.29, 0.717) is 33.6 Å². The highest BCUT2D eigenvalue weighted by Gasteiger charge is 2.25. The summed E-state index contributed by atoms with van der Waals surface area (Å²) in [6, 6.07) is 26.3. The highest BCUT2D eigenvalue weighted by Crippen LogP contribution is 2.43. The number of pyridine rings is 1. The number of rotatable bonds is 7. The third-order valence-electron chi connectivity index (χ3n) is 11.0. The molecule has 0 saturated carbocycles. The van der Waals surface area contributed by atoms with Crippen LogP contribution in [0.4, 0.5) is 0 Å². The van der Waals surface area contributed by atoms with Crippen molar-refractivity contribution in [1.82, 2.24) is 14.5 Å². The van der Waals surface area contributed by atoms with Gasteiger partial charge in [0.15, 0.2) is 0 Å². The summed E-state index contributed by atoms with van der Waals surface area (Å²) in [5.41, 5.74) is 9.74. The lowest BCUT2D eigenvalue weighted by molar-refractivity contribution is 0.472. The fourth-order valence-corrected chi connectivity index (χ4v) is 7.62. The van der Waals surface area contributed by atoms with Crippen LogP contribution in [0, 0.1) is 13.8 Å². The number of aromatic hydroxyl groups is 1. The topological polar surface area (TPSA) is 50.9 Å². The first-order chi connectivity index (χ1) is 31.7. The minimum absolute atomic E-state index is 0.0123. The molecule has 4 heteroatoms. The Morgan fingerprint density at radius 1 is 0.661 bits per heavy atom. The average molecular weight is 783 g/mol. The molecule has 4 nitrogen and oxygen atoms in total. The molecule has 8 rings (SSSR count). The molecule has 6 aromatic carbocycles. The number of hydrogen-bond acceptors (Lipinski definition) is 3. The molecule has 59 heavy (non-hydrogen) atoms. The Kier molecular flexibility index (Phi) is 7.68. The van der Waals surface area contributed by atoms with Gasteiger partial charge in [-0.1, -0.05) is 140 Å². The molecule has 0 spiro atoms. The van der Waals surface area contributed by atoms with Crippen molar-refractivity contribution < 1.29 is 17.4 Å². The number of fused-ring (bicyclic) bond motifs is 1. The van der Waals surface area contributed by atoms with Crippen LogP contribution < -0.4 is 0 Å². The first-order valence-corrected chi connectivity index (χ1v) is 20.0. The molecular weight excluding hydrogens is 719 g/mol. The maximum atomic E-state index is 11.9. The monoisotopic (exact) mass is 782 g/mol. The van der Waals surface area contributed by atoms with Crippen molar-refractivity contribution in [3.63, 3.8) is 0 Å². The van der Waals surface area contributed by atoms with E-state index in [9.17, 15) is 6.48 Å². The summed E-state index contributed by atoms with van der Waals surface area (Å²) < 4.78 is 80.5. The molecule has 0 saturated heterocycles. The van der Waals surface area contributed by atoms with Gasteiger partial charge in [-0.2, -0.15) is 0 Å². The fraction of sp³-hybridized carbons (Fsp3) is 0.236. The number of benzene rings is 6. The van der Waals surface area contributed by atoms with Crippen LogP contribution in [0.2, 0.25) is 0 Å². The van der Waals surface area contributed by atoms with E-state index in [0.717, 1.165) is 44.6 Å². The number of hydrogen-bond donors (Lipinski definition) is 1. The second-order valence-corrected chi connectivity index (χ2v) is 17.7. The Hall–Kier alpha value is -6.26. The van der Waals surface area contributed by atoms with Gasteiger partial charge in [-0.05, 0) is 129 Å². The van der Waals surface area contributed by atoms with E-state index >= 15 is 0 Å². The van der Waals surface area contributed by atoms with Gasteiger partial charge in [0, 0.05) is 24.2 Å². The normalized spacial score (nSPS) is 14.4. The molecule has 296 valence electrons. The van der Waals surface area contributed by atoms with Gasteiger partial charge < -0.3 is 5.11 Å². The van der Waals surface area contributed by atoms with Gasteiger partial charge in [-0.3, -0.25) is 9.55 Å². The molecule has 0 fully saturated rings. The van der Waals surface area contributed by atoms with Crippen LogP contribution in [0.25, 0.3) is 72.7 Å². The predicted octanol–water partition coefficient (Wildman–Crippen LogP) is 14.8. The molecule has 2 aromatic heterocycles. The molecule has 0 radical (unpaired) electrons. The first-order valence-electron chi connectivity index (χ1n) is 24.5. The van der Waals surface area contributed by atoms with Crippen molar-refractivity contribution in [3.8, 4) is 67.5 Å². The van der Waals surface area contributed by atoms with E-state index in [4.69, 9.17) is 16.0 Å². The minimum atomic E-state index is -0.904. The molecule has 0 aliphatic carbocycles. The number of para-hydroxylation sites is 1. The standard InChI is InChI=1S/C55H55N3O/c1-34(2)39-21-24-49(46(32-39)38-19-22-43(23-20-38)54(5,6)7)58-50-18-14-17-45(51(50)57-53(58)47-28-35(3)27-36(4)52(47)59)41-29-42(31-44(30-41)55(8,9)10)48-33-40(25-26-56-48)37-15-12-11-13-16-37/h11-34,59H,1-10H3/i11D,12D,13D,15D,16D,25D,26D,33D,34D. The predicted molar refractivity (Wildman–Crippen MR) is 249 cm³/mol. The Bertz CT molecular complexity index is 3330. The SMILES string of the molecule is [2H]c1nc(-c2cc(-c3cccc4c3nc(-c3cc(C)cc(C)c3O)n4-c3ccc(C([2H])(C)C)cc3-c3ccc(C(C)(C)C)cc3)cc(C(C)(C)C)c2)c([2H])c(-c2c([2H])c([2H])c([2H])c([2H])c2[2H])c1[2H]. The van der Waals surface area contributed by atoms with E-state index < -0.39 is 53.7 Å². The lowest BCUT2D eigenvalue weighted by Crippen LogP contribution is -2.11. The Balaban J connectivity index is 1.45. The summed E-state index contributed by atoms with van der Waals surface area (Å²) in [4.78, 5) is 9.88. The summed E-state index contributed by atoms with van der Waals surface area (Å²) >= 11 is 0. The Labute approximate surface area is 362 Å². The van der Waals surface area contributed by atoms with Crippen molar-refractivity contribution in [2.45, 2.75) is 86.0 Å². The van der Waals surface area contributed by atoms with Gasteiger partial charge in [-0.15, -0.1) is 0 Å². The molecule has 2 heterocycles. The van der Waals surface area contributed by atoms with Crippen molar-refractivity contribution >= 4 is 11.0 Å². The lowest BCUT2D eigenvalue weighted by Gasteiger charge is -2.22. The van der Waals surface area contributed by atoms with Gasteiger partial charge >= 0.3 is 0 Å². The summed E-state index contributed by atoms with van der Waals surface area (Å²) in [5, 5.41) is 11.9. The van der Waals surface area contributed by atoms with Gasteiger partial charge in [0.2, 0.25) is 0 Å². The van der Waals surface area contributed by atoms with Crippen LogP contribution in [0.3, 0.4) is 0 Å². The quantitative estimate of drug-likeness (QED) is 0.175. The van der Waals surface area contributed by atoms with E-state index in [2.05, 4.69) is 87.5 Å². The molecule has 0 atom stereocenters. The van der Waals surface area contributed by atoms with Crippen LogP contribution in [-0.4, -0.2) is 19.6 Å². The molecule has 0 bridgehead atoms. The van der Waals surface area contributed by atoms with Gasteiger partial charge in [0.1, 0.15) is 11.6 Å². The highest BCUT2D eigenvalue weighted by atomic mass is 16.3. The maximum absolute atomic E-state index is 11.9. The number of aryl methyl sites for hydroxylation is 2. The summed E-state index contributed by atoms with van der Waals surface area (Å²) in [5.74, 6) is -0.311. The number of phenols is 1. The van der Waals surface area contributed by atoms with Crippen molar-refractivity contribution in [3.05, 3.63) is 167 Å². The zero-order valence-corrected chi connectivity index (χ0v) is 35.4.